The average Bonchev–Trinajstić information content (AvgIpc) is 3.25. The third kappa shape index (κ3) is 11.1. The molecular weight excluding hydrogens is 394 g/mol. The molecule has 0 radical (unpaired) electrons. The van der Waals surface area contributed by atoms with Crippen LogP contribution in [0.2, 0.25) is 0 Å². The number of benzene rings is 1. The summed E-state index contributed by atoms with van der Waals surface area (Å²) in [4.78, 5) is 12.3. The molecule has 1 aromatic carbocycles. The monoisotopic (exact) mass is 439 g/mol. The largest absolute Gasteiger partial charge is 0.273 e. The zero-order valence-electron chi connectivity index (χ0n) is 20.4. The molecule has 0 saturated carbocycles. The van der Waals surface area contributed by atoms with Crippen LogP contribution in [0.1, 0.15) is 127 Å². The van der Waals surface area contributed by atoms with Gasteiger partial charge in [-0.05, 0) is 44.2 Å². The Morgan fingerprint density at radius 1 is 0.750 bits per heavy atom. The van der Waals surface area contributed by atoms with Crippen molar-refractivity contribution in [1.29, 1.82) is 0 Å². The molecule has 0 N–H and O–H groups in total. The molecule has 2 rings (SSSR count). The number of hydrogen-bond acceptors (Lipinski definition) is 3. The van der Waals surface area contributed by atoms with Crippen LogP contribution in [0.3, 0.4) is 0 Å². The van der Waals surface area contributed by atoms with Gasteiger partial charge in [-0.1, -0.05) is 113 Å². The lowest BCUT2D eigenvalue weighted by atomic mass is 10.0. The molecule has 4 heteroatoms. The molecule has 0 spiro atoms. The lowest BCUT2D eigenvalue weighted by molar-refractivity contribution is 0.0886. The van der Waals surface area contributed by atoms with Crippen LogP contribution in [-0.2, 0) is 0 Å². The Kier molecular flexibility index (Phi) is 14.4. The van der Waals surface area contributed by atoms with Crippen LogP contribution in [0.25, 0.3) is 11.0 Å². The molecule has 178 valence electrons. The van der Waals surface area contributed by atoms with Crippen LogP contribution >= 0.6 is 0 Å². The lowest BCUT2D eigenvalue weighted by Crippen LogP contribution is -2.12. The van der Waals surface area contributed by atoms with Crippen LogP contribution in [0.15, 0.2) is 36.4 Å². The Balaban J connectivity index is 1.35. The lowest BCUT2D eigenvalue weighted by Gasteiger charge is -2.02. The van der Waals surface area contributed by atoms with Crippen molar-refractivity contribution in [1.82, 2.24) is 15.0 Å². The van der Waals surface area contributed by atoms with Crippen LogP contribution in [-0.4, -0.2) is 20.9 Å². The summed E-state index contributed by atoms with van der Waals surface area (Å²) in [6, 6.07) is 7.61. The summed E-state index contributed by atoms with van der Waals surface area (Å²) < 4.78 is 1.45. The standard InChI is InChI=1S/C28H45N3O/c1-2-3-4-5-6-7-8-9-10-11-12-13-14-15-16-17-18-19-20-25-28(32)31-27-24-22-21-23-26(27)29-30-31/h15-16,21-24H,2-14,17-20,25H2,1H3/b16-15+. The first-order valence-corrected chi connectivity index (χ1v) is 13.3. The van der Waals surface area contributed by atoms with Crippen molar-refractivity contribution in [3.8, 4) is 0 Å². The SMILES string of the molecule is CCCCCCCCCCCCCC/C=C/CCCCCC(=O)n1nnc2ccccc21. The second-order valence-corrected chi connectivity index (χ2v) is 9.13. The average molecular weight is 440 g/mol. The topological polar surface area (TPSA) is 47.8 Å². The van der Waals surface area contributed by atoms with Crippen molar-refractivity contribution >= 4 is 16.9 Å². The van der Waals surface area contributed by atoms with Gasteiger partial charge >= 0.3 is 0 Å². The number of aromatic nitrogens is 3. The molecule has 0 atom stereocenters. The van der Waals surface area contributed by atoms with Crippen molar-refractivity contribution in [2.75, 3.05) is 0 Å². The Hall–Kier alpha value is -1.97. The van der Waals surface area contributed by atoms with E-state index >= 15 is 0 Å². The van der Waals surface area contributed by atoms with E-state index in [4.69, 9.17) is 0 Å². The van der Waals surface area contributed by atoms with Gasteiger partial charge in [0.15, 0.2) is 0 Å². The summed E-state index contributed by atoms with van der Waals surface area (Å²) in [6.45, 7) is 2.28. The number of hydrogen-bond donors (Lipinski definition) is 0. The predicted octanol–water partition coefficient (Wildman–Crippen LogP) is 8.67. The number of fused-ring (bicyclic) bond motifs is 1. The normalized spacial score (nSPS) is 11.7. The first-order valence-electron chi connectivity index (χ1n) is 13.3. The molecule has 0 unspecified atom stereocenters. The van der Waals surface area contributed by atoms with E-state index < -0.39 is 0 Å². The fraction of sp³-hybridized carbons (Fsp3) is 0.679. The molecule has 0 aliphatic rings. The summed E-state index contributed by atoms with van der Waals surface area (Å²) in [6.07, 6.45) is 27.6. The number of rotatable bonds is 19. The van der Waals surface area contributed by atoms with E-state index in [-0.39, 0.29) is 5.91 Å². The first-order chi connectivity index (χ1) is 15.8. The van der Waals surface area contributed by atoms with Crippen LogP contribution in [0.4, 0.5) is 0 Å². The molecule has 0 aliphatic heterocycles. The second-order valence-electron chi connectivity index (χ2n) is 9.13. The molecule has 4 nitrogen and oxygen atoms in total. The molecule has 0 aliphatic carbocycles. The number of para-hydroxylation sites is 1. The Bertz CT molecular complexity index is 765. The van der Waals surface area contributed by atoms with Crippen LogP contribution in [0.5, 0.6) is 0 Å². The molecule has 2 aromatic rings. The smallest absolute Gasteiger partial charge is 0.248 e. The van der Waals surface area contributed by atoms with E-state index in [1.54, 1.807) is 0 Å². The number of unbranched alkanes of at least 4 members (excludes halogenated alkanes) is 15. The maximum atomic E-state index is 12.3. The highest BCUT2D eigenvalue weighted by Crippen LogP contribution is 2.14. The summed E-state index contributed by atoms with van der Waals surface area (Å²) in [5, 5.41) is 8.06. The van der Waals surface area contributed by atoms with E-state index in [1.165, 1.54) is 88.2 Å². The van der Waals surface area contributed by atoms with Gasteiger partial charge in [-0.3, -0.25) is 4.79 Å². The van der Waals surface area contributed by atoms with Gasteiger partial charge in [0, 0.05) is 6.42 Å². The molecule has 0 fully saturated rings. The molecule has 1 aromatic heterocycles. The predicted molar refractivity (Wildman–Crippen MR) is 136 cm³/mol. The highest BCUT2D eigenvalue weighted by atomic mass is 16.2. The van der Waals surface area contributed by atoms with Gasteiger partial charge in [0.2, 0.25) is 5.91 Å². The fourth-order valence-electron chi connectivity index (χ4n) is 4.21. The summed E-state index contributed by atoms with van der Waals surface area (Å²) in [5.74, 6) is 0.0428. The minimum absolute atomic E-state index is 0.0428. The van der Waals surface area contributed by atoms with Crippen molar-refractivity contribution < 1.29 is 4.79 Å². The zero-order valence-corrected chi connectivity index (χ0v) is 20.4. The zero-order chi connectivity index (χ0) is 22.7. The minimum Gasteiger partial charge on any atom is -0.273 e. The molecule has 32 heavy (non-hydrogen) atoms. The number of allylic oxidation sites excluding steroid dienone is 2. The molecule has 1 heterocycles. The number of carbonyl (C=O) groups excluding carboxylic acids is 1. The maximum Gasteiger partial charge on any atom is 0.248 e. The summed E-state index contributed by atoms with van der Waals surface area (Å²) >= 11 is 0. The molecular formula is C28H45N3O. The second kappa shape index (κ2) is 17.6. The maximum absolute atomic E-state index is 12.3. The van der Waals surface area contributed by atoms with Crippen molar-refractivity contribution in [2.24, 2.45) is 0 Å². The fourth-order valence-corrected chi connectivity index (χ4v) is 4.21. The van der Waals surface area contributed by atoms with E-state index in [1.807, 2.05) is 24.3 Å². The van der Waals surface area contributed by atoms with Gasteiger partial charge in [-0.25, -0.2) is 0 Å². The van der Waals surface area contributed by atoms with Crippen LogP contribution in [0, 0.1) is 0 Å². The van der Waals surface area contributed by atoms with Gasteiger partial charge in [0.05, 0.1) is 5.52 Å². The van der Waals surface area contributed by atoms with Crippen molar-refractivity contribution in [2.45, 2.75) is 122 Å². The highest BCUT2D eigenvalue weighted by Gasteiger charge is 2.10. The van der Waals surface area contributed by atoms with Gasteiger partial charge in [0.1, 0.15) is 5.52 Å². The van der Waals surface area contributed by atoms with Gasteiger partial charge in [-0.2, -0.15) is 4.68 Å². The molecule has 0 saturated heterocycles. The quantitative estimate of drug-likeness (QED) is 0.162. The minimum atomic E-state index is 0.0428. The highest BCUT2D eigenvalue weighted by molar-refractivity contribution is 5.88. The van der Waals surface area contributed by atoms with Crippen molar-refractivity contribution in [3.63, 3.8) is 0 Å². The van der Waals surface area contributed by atoms with Crippen molar-refractivity contribution in [3.05, 3.63) is 36.4 Å². The van der Waals surface area contributed by atoms with Gasteiger partial charge < -0.3 is 0 Å². The Morgan fingerprint density at radius 2 is 1.28 bits per heavy atom. The Labute approximate surface area is 195 Å². The van der Waals surface area contributed by atoms with E-state index in [0.29, 0.717) is 6.42 Å². The molecule has 0 bridgehead atoms. The Morgan fingerprint density at radius 3 is 1.91 bits per heavy atom. The number of nitrogens with zero attached hydrogens (tertiary/aromatic N) is 3. The summed E-state index contributed by atoms with van der Waals surface area (Å²) in [5.41, 5.74) is 1.58. The number of carbonyl (C=O) groups is 1. The van der Waals surface area contributed by atoms with Gasteiger partial charge in [-0.15, -0.1) is 5.10 Å². The van der Waals surface area contributed by atoms with Gasteiger partial charge in [0.25, 0.3) is 0 Å². The van der Waals surface area contributed by atoms with E-state index in [9.17, 15) is 4.79 Å². The summed E-state index contributed by atoms with van der Waals surface area (Å²) in [7, 11) is 0. The van der Waals surface area contributed by atoms with Crippen LogP contribution < -0.4 is 0 Å². The third-order valence-electron chi connectivity index (χ3n) is 6.24. The first kappa shape index (κ1) is 26.3. The third-order valence-corrected chi connectivity index (χ3v) is 6.24. The van der Waals surface area contributed by atoms with E-state index in [0.717, 1.165) is 36.7 Å². The molecule has 0 amide bonds. The van der Waals surface area contributed by atoms with E-state index in [2.05, 4.69) is 29.4 Å².